The van der Waals surface area contributed by atoms with Crippen molar-refractivity contribution < 1.29 is 4.39 Å². The molecule has 0 N–H and O–H groups in total. The zero-order chi connectivity index (χ0) is 14.8. The molecule has 1 aliphatic carbocycles. The molecule has 21 heavy (non-hydrogen) atoms. The maximum absolute atomic E-state index is 14.0. The standard InChI is InChI=1S/C19H18ClF/c1-13-5-7-14(8-6-13)15-9-11-16(12-10-15)17-3-2-4-18(20)19(17)21/h2-4,7,9-13H,5-6,8H2,1H3. The minimum absolute atomic E-state index is 0.167. The van der Waals surface area contributed by atoms with Gasteiger partial charge >= 0.3 is 0 Å². The fourth-order valence-corrected chi connectivity index (χ4v) is 2.99. The van der Waals surface area contributed by atoms with Crippen molar-refractivity contribution in [2.75, 3.05) is 0 Å². The van der Waals surface area contributed by atoms with Gasteiger partial charge in [0.05, 0.1) is 5.02 Å². The molecule has 2 heteroatoms. The molecule has 0 aromatic heterocycles. The molecule has 0 amide bonds. The molecular weight excluding hydrogens is 283 g/mol. The van der Waals surface area contributed by atoms with Crippen molar-refractivity contribution in [3.8, 4) is 11.1 Å². The highest BCUT2D eigenvalue weighted by Gasteiger charge is 2.12. The highest BCUT2D eigenvalue weighted by Crippen LogP contribution is 2.32. The van der Waals surface area contributed by atoms with Crippen LogP contribution < -0.4 is 0 Å². The Morgan fingerprint density at radius 3 is 2.43 bits per heavy atom. The summed E-state index contributed by atoms with van der Waals surface area (Å²) in [5.41, 5.74) is 4.07. The van der Waals surface area contributed by atoms with Crippen LogP contribution in [0.2, 0.25) is 5.02 Å². The number of halogens is 2. The van der Waals surface area contributed by atoms with Gasteiger partial charge in [0, 0.05) is 5.56 Å². The van der Waals surface area contributed by atoms with Gasteiger partial charge in [0.15, 0.2) is 0 Å². The van der Waals surface area contributed by atoms with Crippen LogP contribution in [0.5, 0.6) is 0 Å². The fraction of sp³-hybridized carbons (Fsp3) is 0.263. The van der Waals surface area contributed by atoms with Crippen LogP contribution in [0.25, 0.3) is 16.7 Å². The van der Waals surface area contributed by atoms with Gasteiger partial charge in [0.1, 0.15) is 5.82 Å². The van der Waals surface area contributed by atoms with Gasteiger partial charge < -0.3 is 0 Å². The quantitative estimate of drug-likeness (QED) is 0.606. The van der Waals surface area contributed by atoms with Crippen molar-refractivity contribution in [1.29, 1.82) is 0 Å². The molecule has 2 aromatic carbocycles. The lowest BCUT2D eigenvalue weighted by Crippen LogP contribution is -2.00. The highest BCUT2D eigenvalue weighted by atomic mass is 35.5. The maximum atomic E-state index is 14.0. The largest absolute Gasteiger partial charge is 0.205 e. The van der Waals surface area contributed by atoms with Crippen molar-refractivity contribution in [3.63, 3.8) is 0 Å². The number of rotatable bonds is 2. The molecule has 0 aliphatic heterocycles. The van der Waals surface area contributed by atoms with Crippen LogP contribution in [0.1, 0.15) is 31.7 Å². The smallest absolute Gasteiger partial charge is 0.149 e. The van der Waals surface area contributed by atoms with E-state index in [2.05, 4.69) is 25.1 Å². The minimum Gasteiger partial charge on any atom is -0.205 e. The summed E-state index contributed by atoms with van der Waals surface area (Å²) >= 11 is 5.85. The molecule has 0 saturated carbocycles. The van der Waals surface area contributed by atoms with Gasteiger partial charge in [-0.15, -0.1) is 0 Å². The Kier molecular flexibility index (Phi) is 4.12. The summed E-state index contributed by atoms with van der Waals surface area (Å²) < 4.78 is 14.0. The van der Waals surface area contributed by atoms with Gasteiger partial charge in [-0.25, -0.2) is 4.39 Å². The van der Waals surface area contributed by atoms with Gasteiger partial charge in [0.2, 0.25) is 0 Å². The molecule has 1 atom stereocenters. The molecule has 0 saturated heterocycles. The molecule has 0 radical (unpaired) electrons. The molecule has 0 heterocycles. The van der Waals surface area contributed by atoms with Crippen molar-refractivity contribution >= 4 is 17.2 Å². The Morgan fingerprint density at radius 1 is 1.05 bits per heavy atom. The molecule has 0 fully saturated rings. The van der Waals surface area contributed by atoms with Crippen LogP contribution in [0, 0.1) is 11.7 Å². The van der Waals surface area contributed by atoms with E-state index in [-0.39, 0.29) is 10.8 Å². The van der Waals surface area contributed by atoms with Crippen LogP contribution >= 0.6 is 11.6 Å². The summed E-state index contributed by atoms with van der Waals surface area (Å²) in [6.45, 7) is 2.29. The average Bonchev–Trinajstić information content (AvgIpc) is 2.51. The zero-order valence-corrected chi connectivity index (χ0v) is 12.8. The minimum atomic E-state index is -0.349. The molecule has 2 aromatic rings. The Morgan fingerprint density at radius 2 is 1.76 bits per heavy atom. The topological polar surface area (TPSA) is 0 Å². The first kappa shape index (κ1) is 14.3. The van der Waals surface area contributed by atoms with E-state index >= 15 is 0 Å². The van der Waals surface area contributed by atoms with Crippen molar-refractivity contribution in [1.82, 2.24) is 0 Å². The molecule has 0 bridgehead atoms. The third-order valence-corrected chi connectivity index (χ3v) is 4.48. The summed E-state index contributed by atoms with van der Waals surface area (Å²) in [5, 5.41) is 0.167. The van der Waals surface area contributed by atoms with E-state index in [0.717, 1.165) is 24.3 Å². The summed E-state index contributed by atoms with van der Waals surface area (Å²) in [6.07, 6.45) is 5.87. The van der Waals surface area contributed by atoms with Crippen LogP contribution in [0.15, 0.2) is 48.5 Å². The summed E-state index contributed by atoms with van der Waals surface area (Å²) in [6, 6.07) is 13.2. The molecular formula is C19H18ClF. The van der Waals surface area contributed by atoms with Gasteiger partial charge in [-0.2, -0.15) is 0 Å². The van der Waals surface area contributed by atoms with Crippen LogP contribution in [0.3, 0.4) is 0 Å². The fourth-order valence-electron chi connectivity index (χ4n) is 2.82. The third-order valence-electron chi connectivity index (χ3n) is 4.19. The van der Waals surface area contributed by atoms with E-state index in [9.17, 15) is 4.39 Å². The lowest BCUT2D eigenvalue weighted by atomic mass is 9.87. The van der Waals surface area contributed by atoms with E-state index in [1.807, 2.05) is 12.1 Å². The summed E-state index contributed by atoms with van der Waals surface area (Å²) in [7, 11) is 0. The third kappa shape index (κ3) is 3.03. The number of hydrogen-bond acceptors (Lipinski definition) is 0. The second-order valence-corrected chi connectivity index (χ2v) is 6.19. The number of hydrogen-bond donors (Lipinski definition) is 0. The predicted molar refractivity (Wildman–Crippen MR) is 87.8 cm³/mol. The lowest BCUT2D eigenvalue weighted by Gasteiger charge is -2.18. The van der Waals surface area contributed by atoms with Gasteiger partial charge in [0.25, 0.3) is 0 Å². The second kappa shape index (κ2) is 6.03. The molecule has 3 rings (SSSR count). The SMILES string of the molecule is CC1CC=C(c2ccc(-c3cccc(Cl)c3F)cc2)CC1. The first-order valence-electron chi connectivity index (χ1n) is 7.39. The van der Waals surface area contributed by atoms with E-state index in [1.165, 1.54) is 17.6 Å². The van der Waals surface area contributed by atoms with Gasteiger partial charge in [-0.1, -0.05) is 61.0 Å². The highest BCUT2D eigenvalue weighted by molar-refractivity contribution is 6.31. The maximum Gasteiger partial charge on any atom is 0.149 e. The second-order valence-electron chi connectivity index (χ2n) is 5.79. The van der Waals surface area contributed by atoms with Crippen molar-refractivity contribution in [2.45, 2.75) is 26.2 Å². The van der Waals surface area contributed by atoms with Crippen LogP contribution in [0.4, 0.5) is 4.39 Å². The molecule has 108 valence electrons. The van der Waals surface area contributed by atoms with E-state index in [4.69, 9.17) is 11.6 Å². The average molecular weight is 301 g/mol. The van der Waals surface area contributed by atoms with E-state index in [1.54, 1.807) is 18.2 Å². The first-order valence-corrected chi connectivity index (χ1v) is 7.77. The van der Waals surface area contributed by atoms with Crippen molar-refractivity contribution in [3.05, 3.63) is 64.9 Å². The normalized spacial score (nSPS) is 18.4. The van der Waals surface area contributed by atoms with Gasteiger partial charge in [-0.3, -0.25) is 0 Å². The zero-order valence-electron chi connectivity index (χ0n) is 12.1. The molecule has 0 nitrogen and oxygen atoms in total. The Hall–Kier alpha value is -1.60. The number of benzene rings is 2. The molecule has 1 aliphatic rings. The molecule has 1 unspecified atom stereocenters. The lowest BCUT2D eigenvalue weighted by molar-refractivity contribution is 0.534. The monoisotopic (exact) mass is 300 g/mol. The Labute approximate surface area is 130 Å². The van der Waals surface area contributed by atoms with Crippen molar-refractivity contribution in [2.24, 2.45) is 5.92 Å². The van der Waals surface area contributed by atoms with Crippen LogP contribution in [-0.4, -0.2) is 0 Å². The van der Waals surface area contributed by atoms with Crippen LogP contribution in [-0.2, 0) is 0 Å². The Bertz CT molecular complexity index is 670. The Balaban J connectivity index is 1.89. The molecule has 0 spiro atoms. The summed E-state index contributed by atoms with van der Waals surface area (Å²) in [4.78, 5) is 0. The predicted octanol–water partition coefficient (Wildman–Crippen LogP) is 6.35. The van der Waals surface area contributed by atoms with E-state index in [0.29, 0.717) is 5.56 Å². The summed E-state index contributed by atoms with van der Waals surface area (Å²) in [5.74, 6) is 0.436. The van der Waals surface area contributed by atoms with E-state index < -0.39 is 0 Å². The van der Waals surface area contributed by atoms with Gasteiger partial charge in [-0.05, 0) is 47.9 Å². The first-order chi connectivity index (χ1) is 10.1. The number of allylic oxidation sites excluding steroid dienone is 2.